The molecule has 0 unspecified atom stereocenters. The van der Waals surface area contributed by atoms with E-state index in [1.807, 2.05) is 32.9 Å². The van der Waals surface area contributed by atoms with Crippen molar-refractivity contribution in [3.05, 3.63) is 98.6 Å². The average molecular weight is 516 g/mol. The molecule has 0 radical (unpaired) electrons. The Kier molecular flexibility index (Phi) is 7.52. The van der Waals surface area contributed by atoms with E-state index in [4.69, 9.17) is 9.47 Å². The van der Waals surface area contributed by atoms with Gasteiger partial charge in [-0.15, -0.1) is 0 Å². The van der Waals surface area contributed by atoms with Crippen LogP contribution in [0.5, 0.6) is 11.5 Å². The molecule has 1 aliphatic heterocycles. The smallest absolute Gasteiger partial charge is 0.335 e. The summed E-state index contributed by atoms with van der Waals surface area (Å²) in [5, 5.41) is 13.1. The Morgan fingerprint density at radius 3 is 2.24 bits per heavy atom. The number of aryl methyl sites for hydroxylation is 2. The normalized spacial score (nSPS) is 14.4. The summed E-state index contributed by atoms with van der Waals surface area (Å²) in [6, 6.07) is 15.1. The van der Waals surface area contributed by atoms with Crippen molar-refractivity contribution in [2.75, 3.05) is 11.5 Å². The van der Waals surface area contributed by atoms with Crippen LogP contribution in [0.25, 0.3) is 6.08 Å². The van der Waals surface area contributed by atoms with Crippen molar-refractivity contribution in [2.24, 2.45) is 0 Å². The number of hydrogen-bond acceptors (Lipinski definition) is 7. The van der Waals surface area contributed by atoms with Gasteiger partial charge in [0.05, 0.1) is 17.2 Å². The van der Waals surface area contributed by atoms with Crippen molar-refractivity contribution < 1.29 is 28.8 Å². The molecule has 0 aromatic heterocycles. The molecule has 1 fully saturated rings. The van der Waals surface area contributed by atoms with Crippen LogP contribution in [-0.2, 0) is 16.2 Å². The van der Waals surface area contributed by atoms with Gasteiger partial charge < -0.3 is 9.47 Å². The molecular formula is C28H25N3O7. The monoisotopic (exact) mass is 515 g/mol. The molecule has 1 N–H and O–H groups in total. The number of nitrogens with one attached hydrogen (secondary N) is 1. The zero-order valence-electron chi connectivity index (χ0n) is 21.0. The maximum absolute atomic E-state index is 13.1. The molecule has 4 rings (SSSR count). The predicted molar refractivity (Wildman–Crippen MR) is 140 cm³/mol. The molecule has 4 amide bonds. The number of imide groups is 2. The second kappa shape index (κ2) is 11.0. The van der Waals surface area contributed by atoms with Crippen LogP contribution in [0, 0.1) is 24.0 Å². The number of barbiturate groups is 1. The van der Waals surface area contributed by atoms with Gasteiger partial charge in [0.2, 0.25) is 0 Å². The van der Waals surface area contributed by atoms with Crippen LogP contribution in [0.3, 0.4) is 0 Å². The summed E-state index contributed by atoms with van der Waals surface area (Å²) in [6.45, 7) is 6.55. The highest BCUT2D eigenvalue weighted by Crippen LogP contribution is 2.31. The third-order valence-electron chi connectivity index (χ3n) is 5.67. The number of non-ortho nitro benzene ring substituents is 1. The minimum Gasteiger partial charge on any atom is -0.490 e. The topological polar surface area (TPSA) is 128 Å². The lowest BCUT2D eigenvalue weighted by Gasteiger charge is -2.26. The molecular weight excluding hydrogens is 490 g/mol. The molecule has 0 bridgehead atoms. The van der Waals surface area contributed by atoms with Crippen LogP contribution in [-0.4, -0.2) is 29.4 Å². The maximum atomic E-state index is 13.1. The number of anilines is 1. The molecule has 10 heteroatoms. The van der Waals surface area contributed by atoms with Crippen LogP contribution >= 0.6 is 0 Å². The number of ether oxygens (including phenoxy) is 2. The third-order valence-corrected chi connectivity index (χ3v) is 5.67. The van der Waals surface area contributed by atoms with Gasteiger partial charge in [-0.25, -0.2) is 9.69 Å². The minimum atomic E-state index is -0.948. The fourth-order valence-corrected chi connectivity index (χ4v) is 4.10. The summed E-state index contributed by atoms with van der Waals surface area (Å²) >= 11 is 0. The third kappa shape index (κ3) is 5.70. The summed E-state index contributed by atoms with van der Waals surface area (Å²) in [5.74, 6) is -0.791. The maximum Gasteiger partial charge on any atom is 0.335 e. The van der Waals surface area contributed by atoms with Crippen LogP contribution in [0.2, 0.25) is 0 Å². The van der Waals surface area contributed by atoms with E-state index in [0.29, 0.717) is 30.3 Å². The van der Waals surface area contributed by atoms with E-state index >= 15 is 0 Å². The SMILES string of the molecule is CCOc1cc(/C=C2\C(=O)NC(=O)N(c3ccc([N+](=O)[O-])cc3)C2=O)ccc1OCc1cc(C)cc(C)c1. The predicted octanol–water partition coefficient (Wildman–Crippen LogP) is 4.86. The highest BCUT2D eigenvalue weighted by atomic mass is 16.6. The second-order valence-corrected chi connectivity index (χ2v) is 8.66. The number of nitro benzene ring substituents is 1. The number of urea groups is 1. The molecule has 1 heterocycles. The van der Waals surface area contributed by atoms with E-state index in [2.05, 4.69) is 11.4 Å². The summed E-state index contributed by atoms with van der Waals surface area (Å²) in [4.78, 5) is 49.2. The van der Waals surface area contributed by atoms with Gasteiger partial charge >= 0.3 is 6.03 Å². The Morgan fingerprint density at radius 2 is 1.61 bits per heavy atom. The zero-order chi connectivity index (χ0) is 27.4. The first-order chi connectivity index (χ1) is 18.2. The zero-order valence-corrected chi connectivity index (χ0v) is 21.0. The first-order valence-corrected chi connectivity index (χ1v) is 11.8. The van der Waals surface area contributed by atoms with E-state index in [9.17, 15) is 24.5 Å². The highest BCUT2D eigenvalue weighted by molar-refractivity contribution is 6.39. The Bertz CT molecular complexity index is 1440. The van der Waals surface area contributed by atoms with Gasteiger partial charge in [0.25, 0.3) is 17.5 Å². The number of nitrogens with zero attached hydrogens (tertiary/aromatic N) is 2. The Morgan fingerprint density at radius 1 is 0.921 bits per heavy atom. The minimum absolute atomic E-state index is 0.0849. The van der Waals surface area contributed by atoms with Gasteiger partial charge in [-0.2, -0.15) is 0 Å². The van der Waals surface area contributed by atoms with Crippen molar-refractivity contribution in [1.29, 1.82) is 0 Å². The number of hydrogen-bond donors (Lipinski definition) is 1. The lowest BCUT2D eigenvalue weighted by Crippen LogP contribution is -2.54. The first kappa shape index (κ1) is 26.1. The number of benzene rings is 3. The highest BCUT2D eigenvalue weighted by Gasteiger charge is 2.37. The molecule has 1 saturated heterocycles. The van der Waals surface area contributed by atoms with Crippen LogP contribution < -0.4 is 19.7 Å². The van der Waals surface area contributed by atoms with Crippen molar-refractivity contribution in [1.82, 2.24) is 5.32 Å². The summed E-state index contributed by atoms with van der Waals surface area (Å²) in [6.07, 6.45) is 1.35. The lowest BCUT2D eigenvalue weighted by molar-refractivity contribution is -0.384. The quantitative estimate of drug-likeness (QED) is 0.196. The van der Waals surface area contributed by atoms with E-state index in [-0.39, 0.29) is 16.9 Å². The second-order valence-electron chi connectivity index (χ2n) is 8.66. The largest absolute Gasteiger partial charge is 0.490 e. The van der Waals surface area contributed by atoms with Crippen LogP contribution in [0.15, 0.2) is 66.2 Å². The molecule has 0 spiro atoms. The molecule has 10 nitrogen and oxygen atoms in total. The van der Waals surface area contributed by atoms with Crippen LogP contribution in [0.1, 0.15) is 29.2 Å². The number of nitro groups is 1. The summed E-state index contributed by atoms with van der Waals surface area (Å²) < 4.78 is 11.7. The van der Waals surface area contributed by atoms with Crippen molar-refractivity contribution in [3.63, 3.8) is 0 Å². The van der Waals surface area contributed by atoms with Crippen molar-refractivity contribution in [3.8, 4) is 11.5 Å². The van der Waals surface area contributed by atoms with Gasteiger partial charge in [-0.1, -0.05) is 35.4 Å². The first-order valence-electron chi connectivity index (χ1n) is 11.8. The Hall–Kier alpha value is -4.99. The van der Waals surface area contributed by atoms with Gasteiger partial charge in [0.1, 0.15) is 12.2 Å². The molecule has 3 aromatic carbocycles. The molecule has 194 valence electrons. The van der Waals surface area contributed by atoms with Gasteiger partial charge in [0.15, 0.2) is 11.5 Å². The summed E-state index contributed by atoms with van der Waals surface area (Å²) in [5.41, 5.74) is 3.35. The molecule has 0 atom stereocenters. The van der Waals surface area contributed by atoms with Gasteiger partial charge in [-0.3, -0.25) is 25.0 Å². The molecule has 0 saturated carbocycles. The van der Waals surface area contributed by atoms with Crippen LogP contribution in [0.4, 0.5) is 16.2 Å². The Labute approximate surface area is 218 Å². The standard InChI is InChI=1S/C28H25N3O7/c1-4-37-25-15-19(5-10-24(25)38-16-20-12-17(2)11-18(3)13-20)14-23-26(32)29-28(34)30(27(23)33)21-6-8-22(9-7-21)31(35)36/h5-15H,4,16H2,1-3H3,(H,29,32,34)/b23-14+. The molecule has 38 heavy (non-hydrogen) atoms. The van der Waals surface area contributed by atoms with E-state index in [0.717, 1.165) is 21.6 Å². The molecule has 1 aliphatic rings. The fourth-order valence-electron chi connectivity index (χ4n) is 4.10. The van der Waals surface area contributed by atoms with Crippen molar-refractivity contribution >= 4 is 35.3 Å². The Balaban J connectivity index is 1.60. The van der Waals surface area contributed by atoms with E-state index in [1.165, 1.54) is 30.3 Å². The molecule has 3 aromatic rings. The number of carbonyl (C=O) groups excluding carboxylic acids is 3. The fraction of sp³-hybridized carbons (Fsp3) is 0.179. The lowest BCUT2D eigenvalue weighted by atomic mass is 10.1. The number of rotatable bonds is 8. The number of carbonyl (C=O) groups is 3. The molecule has 0 aliphatic carbocycles. The van der Waals surface area contributed by atoms with Crippen molar-refractivity contribution in [2.45, 2.75) is 27.4 Å². The van der Waals surface area contributed by atoms with Gasteiger partial charge in [-0.05, 0) is 62.2 Å². The summed E-state index contributed by atoms with van der Waals surface area (Å²) in [7, 11) is 0. The van der Waals surface area contributed by atoms with Gasteiger partial charge in [0, 0.05) is 12.1 Å². The number of amides is 4. The van der Waals surface area contributed by atoms with E-state index in [1.54, 1.807) is 18.2 Å². The van der Waals surface area contributed by atoms with E-state index < -0.39 is 22.8 Å². The average Bonchev–Trinajstić information content (AvgIpc) is 2.86.